The van der Waals surface area contributed by atoms with Gasteiger partial charge in [-0.05, 0) is 36.6 Å². The van der Waals surface area contributed by atoms with Gasteiger partial charge in [-0.2, -0.15) is 0 Å². The van der Waals surface area contributed by atoms with Crippen molar-refractivity contribution in [3.05, 3.63) is 53.3 Å². The first-order valence-electron chi connectivity index (χ1n) is 7.14. The molecule has 110 valence electrons. The molecule has 1 aliphatic heterocycles. The third kappa shape index (κ3) is 2.66. The van der Waals surface area contributed by atoms with E-state index >= 15 is 0 Å². The van der Waals surface area contributed by atoms with Crippen LogP contribution in [0.2, 0.25) is 0 Å². The summed E-state index contributed by atoms with van der Waals surface area (Å²) in [7, 11) is 1.49. The molecule has 0 radical (unpaired) electrons. The van der Waals surface area contributed by atoms with E-state index in [1.165, 1.54) is 12.7 Å². The summed E-state index contributed by atoms with van der Waals surface area (Å²) in [6.07, 6.45) is 2.12. The average molecular weight is 286 g/mol. The molecule has 21 heavy (non-hydrogen) atoms. The summed E-state index contributed by atoms with van der Waals surface area (Å²) in [6, 6.07) is 11.2. The molecule has 3 nitrogen and oxygen atoms in total. The van der Waals surface area contributed by atoms with E-state index in [0.29, 0.717) is 12.1 Å². The predicted molar refractivity (Wildman–Crippen MR) is 83.2 cm³/mol. The highest BCUT2D eigenvalue weighted by Crippen LogP contribution is 2.31. The fourth-order valence-corrected chi connectivity index (χ4v) is 2.87. The number of nitrogen functional groups attached to an aromatic ring is 1. The van der Waals surface area contributed by atoms with Gasteiger partial charge in [-0.3, -0.25) is 0 Å². The highest BCUT2D eigenvalue weighted by molar-refractivity contribution is 5.62. The topological polar surface area (TPSA) is 38.5 Å². The summed E-state index contributed by atoms with van der Waals surface area (Å²) < 4.78 is 19.4. The molecular weight excluding hydrogens is 267 g/mol. The number of anilines is 2. The van der Waals surface area contributed by atoms with Gasteiger partial charge >= 0.3 is 0 Å². The quantitative estimate of drug-likeness (QED) is 0.879. The first-order chi connectivity index (χ1) is 10.2. The second kappa shape index (κ2) is 5.64. The van der Waals surface area contributed by atoms with Gasteiger partial charge in [0.05, 0.1) is 7.11 Å². The summed E-state index contributed by atoms with van der Waals surface area (Å²) in [5.74, 6) is 0.00772. The zero-order valence-corrected chi connectivity index (χ0v) is 12.1. The van der Waals surface area contributed by atoms with E-state index in [2.05, 4.69) is 11.0 Å². The maximum Gasteiger partial charge on any atom is 0.170 e. The molecule has 2 N–H and O–H groups in total. The van der Waals surface area contributed by atoms with Crippen LogP contribution in [0.4, 0.5) is 15.8 Å². The van der Waals surface area contributed by atoms with Gasteiger partial charge in [0.25, 0.3) is 0 Å². The molecule has 0 unspecified atom stereocenters. The third-order valence-corrected chi connectivity index (χ3v) is 3.95. The van der Waals surface area contributed by atoms with Crippen molar-refractivity contribution < 1.29 is 9.13 Å². The molecule has 0 aliphatic carbocycles. The van der Waals surface area contributed by atoms with Crippen molar-refractivity contribution in [2.24, 2.45) is 0 Å². The minimum atomic E-state index is -0.281. The Kier molecular flexibility index (Phi) is 3.69. The number of fused-ring (bicyclic) bond motifs is 1. The van der Waals surface area contributed by atoms with Crippen LogP contribution >= 0.6 is 0 Å². The molecule has 4 heteroatoms. The van der Waals surface area contributed by atoms with Crippen LogP contribution in [0.5, 0.6) is 5.75 Å². The number of hydrogen-bond donors (Lipinski definition) is 1. The Bertz CT molecular complexity index is 657. The lowest BCUT2D eigenvalue weighted by Crippen LogP contribution is -2.29. The Morgan fingerprint density at radius 3 is 2.95 bits per heavy atom. The molecule has 1 heterocycles. The van der Waals surface area contributed by atoms with E-state index in [4.69, 9.17) is 10.5 Å². The molecule has 2 aromatic rings. The molecule has 1 aliphatic rings. The van der Waals surface area contributed by atoms with Crippen molar-refractivity contribution in [1.82, 2.24) is 0 Å². The SMILES string of the molecule is COc1cccc(CN2CCCc3ccc(N)cc32)c1F. The minimum Gasteiger partial charge on any atom is -0.494 e. The number of rotatable bonds is 3. The molecule has 0 aromatic heterocycles. The highest BCUT2D eigenvalue weighted by atomic mass is 19.1. The van der Waals surface area contributed by atoms with E-state index in [1.54, 1.807) is 12.1 Å². The highest BCUT2D eigenvalue weighted by Gasteiger charge is 2.19. The Hall–Kier alpha value is -2.23. The fraction of sp³-hybridized carbons (Fsp3) is 0.294. The molecule has 0 fully saturated rings. The number of methoxy groups -OCH3 is 1. The smallest absolute Gasteiger partial charge is 0.170 e. The first-order valence-corrected chi connectivity index (χ1v) is 7.14. The maximum absolute atomic E-state index is 14.3. The van der Waals surface area contributed by atoms with Crippen LogP contribution in [0.25, 0.3) is 0 Å². The molecule has 0 atom stereocenters. The number of ether oxygens (including phenoxy) is 1. The zero-order chi connectivity index (χ0) is 14.8. The predicted octanol–water partition coefficient (Wildman–Crippen LogP) is 3.37. The van der Waals surface area contributed by atoms with Crippen molar-refractivity contribution in [1.29, 1.82) is 0 Å². The van der Waals surface area contributed by atoms with E-state index in [9.17, 15) is 4.39 Å². The molecule has 3 rings (SSSR count). The maximum atomic E-state index is 14.3. The van der Waals surface area contributed by atoms with Gasteiger partial charge in [-0.25, -0.2) is 4.39 Å². The van der Waals surface area contributed by atoms with Crippen LogP contribution in [0.1, 0.15) is 17.5 Å². The van der Waals surface area contributed by atoms with Gasteiger partial charge < -0.3 is 15.4 Å². The lowest BCUT2D eigenvalue weighted by molar-refractivity contribution is 0.384. The monoisotopic (exact) mass is 286 g/mol. The lowest BCUT2D eigenvalue weighted by Gasteiger charge is -2.31. The van der Waals surface area contributed by atoms with Crippen LogP contribution in [0.15, 0.2) is 36.4 Å². The standard InChI is InChI=1S/C17H19FN2O/c1-21-16-6-2-4-13(17(16)18)11-20-9-3-5-12-7-8-14(19)10-15(12)20/h2,4,6-8,10H,3,5,9,11,19H2,1H3. The number of nitrogens with two attached hydrogens (primary N) is 1. The molecule has 0 saturated carbocycles. The summed E-state index contributed by atoms with van der Waals surface area (Å²) in [4.78, 5) is 2.19. The number of halogens is 1. The number of nitrogens with zero attached hydrogens (tertiary/aromatic N) is 1. The molecule has 2 aromatic carbocycles. The van der Waals surface area contributed by atoms with E-state index in [1.807, 2.05) is 18.2 Å². The van der Waals surface area contributed by atoms with Crippen molar-refractivity contribution in [2.45, 2.75) is 19.4 Å². The minimum absolute atomic E-state index is 0.281. The zero-order valence-electron chi connectivity index (χ0n) is 12.1. The summed E-state index contributed by atoms with van der Waals surface area (Å²) in [5.41, 5.74) is 9.67. The summed E-state index contributed by atoms with van der Waals surface area (Å²) in [5, 5.41) is 0. The van der Waals surface area contributed by atoms with E-state index in [-0.39, 0.29) is 11.6 Å². The molecule has 0 spiro atoms. The van der Waals surface area contributed by atoms with E-state index < -0.39 is 0 Å². The van der Waals surface area contributed by atoms with Crippen LogP contribution in [-0.2, 0) is 13.0 Å². The van der Waals surface area contributed by atoms with Crippen LogP contribution < -0.4 is 15.4 Å². The van der Waals surface area contributed by atoms with Crippen molar-refractivity contribution in [2.75, 3.05) is 24.3 Å². The van der Waals surface area contributed by atoms with Crippen molar-refractivity contribution in [3.63, 3.8) is 0 Å². The average Bonchev–Trinajstić information content (AvgIpc) is 2.50. The molecule has 0 saturated heterocycles. The molecule has 0 amide bonds. The Labute approximate surface area is 124 Å². The molecular formula is C17H19FN2O. The van der Waals surface area contributed by atoms with Gasteiger partial charge in [-0.1, -0.05) is 18.2 Å². The van der Waals surface area contributed by atoms with Gasteiger partial charge in [0.15, 0.2) is 11.6 Å². The normalized spacial score (nSPS) is 13.9. The Morgan fingerprint density at radius 1 is 1.29 bits per heavy atom. The van der Waals surface area contributed by atoms with Gasteiger partial charge in [0.1, 0.15) is 0 Å². The second-order valence-corrected chi connectivity index (χ2v) is 5.35. The summed E-state index contributed by atoms with van der Waals surface area (Å²) in [6.45, 7) is 1.44. The first kappa shape index (κ1) is 13.7. The van der Waals surface area contributed by atoms with E-state index in [0.717, 1.165) is 30.8 Å². The lowest BCUT2D eigenvalue weighted by atomic mass is 10.0. The second-order valence-electron chi connectivity index (χ2n) is 5.35. The summed E-state index contributed by atoms with van der Waals surface area (Å²) >= 11 is 0. The van der Waals surface area contributed by atoms with Crippen molar-refractivity contribution in [3.8, 4) is 5.75 Å². The molecule has 0 bridgehead atoms. The number of hydrogen-bond acceptors (Lipinski definition) is 3. The third-order valence-electron chi connectivity index (χ3n) is 3.95. The van der Waals surface area contributed by atoms with Crippen molar-refractivity contribution >= 4 is 11.4 Å². The van der Waals surface area contributed by atoms with Gasteiger partial charge in [0, 0.05) is 30.0 Å². The number of benzene rings is 2. The number of aryl methyl sites for hydroxylation is 1. The fourth-order valence-electron chi connectivity index (χ4n) is 2.87. The van der Waals surface area contributed by atoms with Crippen LogP contribution in [-0.4, -0.2) is 13.7 Å². The van der Waals surface area contributed by atoms with Gasteiger partial charge in [-0.15, -0.1) is 0 Å². The Morgan fingerprint density at radius 2 is 2.14 bits per heavy atom. The van der Waals surface area contributed by atoms with Gasteiger partial charge in [0.2, 0.25) is 0 Å². The van der Waals surface area contributed by atoms with Crippen LogP contribution in [0, 0.1) is 5.82 Å². The van der Waals surface area contributed by atoms with Crippen LogP contribution in [0.3, 0.4) is 0 Å². The Balaban J connectivity index is 1.92. The largest absolute Gasteiger partial charge is 0.494 e.